The molecular weight excluding hydrogens is 384 g/mol. The number of hydrogen-bond donors (Lipinski definition) is 2. The minimum atomic E-state index is -2.58. The van der Waals surface area contributed by atoms with Gasteiger partial charge in [0.1, 0.15) is 23.4 Å². The predicted molar refractivity (Wildman–Crippen MR) is 98.7 cm³/mol. The van der Waals surface area contributed by atoms with Crippen molar-refractivity contribution in [3.05, 3.63) is 47.8 Å². The summed E-state index contributed by atoms with van der Waals surface area (Å²) in [6.45, 7) is 2.66. The average Bonchev–Trinajstić information content (AvgIpc) is 3.31. The second kappa shape index (κ2) is 7.78. The lowest BCUT2D eigenvalue weighted by Gasteiger charge is -2.09. The first-order chi connectivity index (χ1) is 14.0. The number of anilines is 2. The first-order valence-electron chi connectivity index (χ1n) is 8.81. The zero-order valence-electron chi connectivity index (χ0n) is 15.3. The third-order valence-corrected chi connectivity index (χ3v) is 4.20. The summed E-state index contributed by atoms with van der Waals surface area (Å²) in [5.74, 6) is 0.716. The summed E-state index contributed by atoms with van der Waals surface area (Å²) in [5, 5.41) is 13.7. The van der Waals surface area contributed by atoms with Crippen molar-refractivity contribution in [2.45, 2.75) is 26.0 Å². The molecule has 3 aromatic heterocycles. The van der Waals surface area contributed by atoms with Crippen LogP contribution in [0.25, 0.3) is 11.4 Å². The molecule has 4 rings (SSSR count). The number of pyridine rings is 2. The van der Waals surface area contributed by atoms with E-state index in [2.05, 4.69) is 30.9 Å². The Labute approximate surface area is 164 Å². The Hall–Kier alpha value is -3.63. The lowest BCUT2D eigenvalue weighted by atomic mass is 10.2. The van der Waals surface area contributed by atoms with E-state index in [0.29, 0.717) is 30.3 Å². The van der Waals surface area contributed by atoms with Gasteiger partial charge in [0.2, 0.25) is 0 Å². The van der Waals surface area contributed by atoms with Crippen LogP contribution in [0.3, 0.4) is 0 Å². The Balaban J connectivity index is 1.53. The van der Waals surface area contributed by atoms with Crippen LogP contribution >= 0.6 is 0 Å². The van der Waals surface area contributed by atoms with Gasteiger partial charge in [0.25, 0.3) is 6.43 Å². The van der Waals surface area contributed by atoms with E-state index in [1.54, 1.807) is 16.9 Å². The van der Waals surface area contributed by atoms with E-state index in [1.807, 2.05) is 13.0 Å². The van der Waals surface area contributed by atoms with Gasteiger partial charge < -0.3 is 15.4 Å². The van der Waals surface area contributed by atoms with Gasteiger partial charge in [-0.3, -0.25) is 0 Å². The molecule has 4 heterocycles. The molecule has 0 saturated carbocycles. The van der Waals surface area contributed by atoms with E-state index < -0.39 is 12.5 Å². The number of carbonyl (C=O) groups excluding carboxylic acids is 1. The summed E-state index contributed by atoms with van der Waals surface area (Å²) in [6.07, 6.45) is -0.322. The lowest BCUT2D eigenvalue weighted by molar-refractivity contribution is 0.128. The molecule has 1 saturated heterocycles. The van der Waals surface area contributed by atoms with Gasteiger partial charge in [0, 0.05) is 11.8 Å². The van der Waals surface area contributed by atoms with Crippen LogP contribution in [-0.2, 0) is 11.3 Å². The maximum absolute atomic E-state index is 12.9. The van der Waals surface area contributed by atoms with Crippen molar-refractivity contribution in [3.8, 4) is 11.4 Å². The van der Waals surface area contributed by atoms with E-state index >= 15 is 0 Å². The van der Waals surface area contributed by atoms with Gasteiger partial charge in [-0.15, -0.1) is 5.10 Å². The third-order valence-electron chi connectivity index (χ3n) is 4.20. The number of alkyl carbamates (subject to hydrolysis) is 1. The molecule has 0 spiro atoms. The molecule has 0 radical (unpaired) electrons. The first kappa shape index (κ1) is 18.7. The molecule has 0 aliphatic carbocycles. The maximum atomic E-state index is 12.9. The molecule has 0 aromatic carbocycles. The second-order valence-electron chi connectivity index (χ2n) is 6.55. The maximum Gasteiger partial charge on any atom is 0.407 e. The summed E-state index contributed by atoms with van der Waals surface area (Å²) in [6, 6.07) is 6.15. The second-order valence-corrected chi connectivity index (χ2v) is 6.55. The Bertz CT molecular complexity index is 1040. The average molecular weight is 401 g/mol. The molecule has 1 aliphatic rings. The zero-order chi connectivity index (χ0) is 20.4. The number of cyclic esters (lactones) is 1. The van der Waals surface area contributed by atoms with Crippen LogP contribution in [0.2, 0.25) is 0 Å². The summed E-state index contributed by atoms with van der Waals surface area (Å²) >= 11 is 0. The normalized spacial score (nSPS) is 16.0. The van der Waals surface area contributed by atoms with Crippen molar-refractivity contribution >= 4 is 17.7 Å². The van der Waals surface area contributed by atoms with Crippen LogP contribution in [0.4, 0.5) is 25.2 Å². The topological polar surface area (TPSA) is 107 Å². The number of aryl methyl sites for hydroxylation is 1. The van der Waals surface area contributed by atoms with Crippen LogP contribution in [0.5, 0.6) is 0 Å². The van der Waals surface area contributed by atoms with Crippen LogP contribution < -0.4 is 10.6 Å². The van der Waals surface area contributed by atoms with Crippen molar-refractivity contribution < 1.29 is 18.3 Å². The minimum absolute atomic E-state index is 0.125. The highest BCUT2D eigenvalue weighted by Crippen LogP contribution is 2.24. The standard InChI is InChI=1S/C18H17F2N7O2/c1-10-4-13(14-9-27(26-25-14)8-12-7-22-18(28)29-12)23-16(5-10)24-15-6-11(17(19)20)2-3-21-15/h2-6,9,12,17H,7-8H2,1H3,(H,22,28)(H,21,23,24). The molecule has 2 N–H and O–H groups in total. The number of nitrogens with zero attached hydrogens (tertiary/aromatic N) is 5. The number of aromatic nitrogens is 5. The highest BCUT2D eigenvalue weighted by molar-refractivity contribution is 5.69. The van der Waals surface area contributed by atoms with Crippen LogP contribution in [-0.4, -0.2) is 43.7 Å². The Morgan fingerprint density at radius 1 is 1.31 bits per heavy atom. The molecule has 29 heavy (non-hydrogen) atoms. The number of alkyl halides is 2. The summed E-state index contributed by atoms with van der Waals surface area (Å²) < 4.78 is 32.4. The van der Waals surface area contributed by atoms with Gasteiger partial charge in [-0.25, -0.2) is 28.2 Å². The fourth-order valence-electron chi connectivity index (χ4n) is 2.89. The highest BCUT2D eigenvalue weighted by Gasteiger charge is 2.23. The largest absolute Gasteiger partial charge is 0.442 e. The zero-order valence-corrected chi connectivity index (χ0v) is 15.3. The Morgan fingerprint density at radius 3 is 2.93 bits per heavy atom. The van der Waals surface area contributed by atoms with Gasteiger partial charge >= 0.3 is 6.09 Å². The van der Waals surface area contributed by atoms with E-state index in [0.717, 1.165) is 5.56 Å². The first-order valence-corrected chi connectivity index (χ1v) is 8.81. The molecule has 1 aliphatic heterocycles. The molecule has 150 valence electrons. The van der Waals surface area contributed by atoms with Crippen molar-refractivity contribution in [1.82, 2.24) is 30.3 Å². The van der Waals surface area contributed by atoms with Crippen LogP contribution in [0.1, 0.15) is 17.6 Å². The van der Waals surface area contributed by atoms with Gasteiger partial charge in [0.05, 0.1) is 25.0 Å². The van der Waals surface area contributed by atoms with Gasteiger partial charge in [-0.2, -0.15) is 0 Å². The smallest absolute Gasteiger partial charge is 0.407 e. The van der Waals surface area contributed by atoms with Crippen molar-refractivity contribution in [1.29, 1.82) is 0 Å². The molecule has 3 aromatic rings. The lowest BCUT2D eigenvalue weighted by Crippen LogP contribution is -2.20. The van der Waals surface area contributed by atoms with Gasteiger partial charge in [-0.1, -0.05) is 5.21 Å². The van der Waals surface area contributed by atoms with E-state index in [4.69, 9.17) is 4.74 Å². The summed E-state index contributed by atoms with van der Waals surface area (Å²) in [5.41, 5.74) is 1.86. The van der Waals surface area contributed by atoms with Crippen LogP contribution in [0, 0.1) is 6.92 Å². The Morgan fingerprint density at radius 2 is 2.17 bits per heavy atom. The van der Waals surface area contributed by atoms with E-state index in [9.17, 15) is 13.6 Å². The molecule has 1 fully saturated rings. The fraction of sp³-hybridized carbons (Fsp3) is 0.278. The number of rotatable bonds is 6. The number of nitrogens with one attached hydrogen (secondary N) is 2. The fourth-order valence-corrected chi connectivity index (χ4v) is 2.89. The summed E-state index contributed by atoms with van der Waals surface area (Å²) in [4.78, 5) is 19.6. The predicted octanol–water partition coefficient (Wildman–Crippen LogP) is 2.83. The highest BCUT2D eigenvalue weighted by atomic mass is 19.3. The van der Waals surface area contributed by atoms with Crippen molar-refractivity contribution in [2.24, 2.45) is 0 Å². The SMILES string of the molecule is Cc1cc(Nc2cc(C(F)F)ccn2)nc(-c2cn(CC3CNC(=O)O3)nn2)c1. The molecule has 1 amide bonds. The third kappa shape index (κ3) is 4.45. The number of hydrogen-bond acceptors (Lipinski definition) is 7. The van der Waals surface area contributed by atoms with Gasteiger partial charge in [-0.05, 0) is 36.8 Å². The van der Waals surface area contributed by atoms with Crippen molar-refractivity contribution in [2.75, 3.05) is 11.9 Å². The van der Waals surface area contributed by atoms with Crippen LogP contribution in [0.15, 0.2) is 36.7 Å². The molecular formula is C18H17F2N7O2. The number of halogens is 2. The molecule has 0 bridgehead atoms. The van der Waals surface area contributed by atoms with Gasteiger partial charge in [0.15, 0.2) is 0 Å². The minimum Gasteiger partial charge on any atom is -0.442 e. The quantitative estimate of drug-likeness (QED) is 0.654. The monoisotopic (exact) mass is 401 g/mol. The number of ether oxygens (including phenoxy) is 1. The summed E-state index contributed by atoms with van der Waals surface area (Å²) in [7, 11) is 0. The van der Waals surface area contributed by atoms with Crippen molar-refractivity contribution in [3.63, 3.8) is 0 Å². The van der Waals surface area contributed by atoms with E-state index in [-0.39, 0.29) is 17.5 Å². The molecule has 1 atom stereocenters. The number of amides is 1. The Kier molecular flexibility index (Phi) is 5.02. The molecule has 9 nitrogen and oxygen atoms in total. The number of carbonyl (C=O) groups is 1. The van der Waals surface area contributed by atoms with E-state index in [1.165, 1.54) is 18.3 Å². The molecule has 1 unspecified atom stereocenters. The molecule has 11 heteroatoms.